The topological polar surface area (TPSA) is 158 Å². The summed E-state index contributed by atoms with van der Waals surface area (Å²) in [6.45, 7) is 2.45. The third-order valence-electron chi connectivity index (χ3n) is 6.04. The minimum absolute atomic E-state index is 0.0541. The molecule has 0 aromatic carbocycles. The van der Waals surface area contributed by atoms with Crippen molar-refractivity contribution in [1.82, 2.24) is 14.8 Å². The normalized spacial score (nSPS) is 21.9. The summed E-state index contributed by atoms with van der Waals surface area (Å²) in [5.41, 5.74) is 12.8. The highest BCUT2D eigenvalue weighted by Crippen LogP contribution is 2.48. The molecular formula is C22H24N6O4S2. The van der Waals surface area contributed by atoms with Crippen LogP contribution in [0.4, 0.5) is 5.82 Å². The van der Waals surface area contributed by atoms with Crippen molar-refractivity contribution in [3.05, 3.63) is 40.7 Å². The van der Waals surface area contributed by atoms with Crippen molar-refractivity contribution in [2.75, 3.05) is 11.9 Å². The molecule has 2 atom stereocenters. The van der Waals surface area contributed by atoms with Gasteiger partial charge in [-0.05, 0) is 38.3 Å². The van der Waals surface area contributed by atoms with Crippen LogP contribution in [0.25, 0.3) is 10.4 Å². The second-order valence-electron chi connectivity index (χ2n) is 8.57. The Hall–Kier alpha value is -3.09. The minimum Gasteiger partial charge on any atom is -0.368 e. The molecule has 2 aliphatic rings. The van der Waals surface area contributed by atoms with Crippen LogP contribution in [0.15, 0.2) is 29.4 Å². The Balaban J connectivity index is 1.33. The van der Waals surface area contributed by atoms with Gasteiger partial charge in [0.05, 0.1) is 16.6 Å². The van der Waals surface area contributed by atoms with Crippen LogP contribution in [0.5, 0.6) is 0 Å². The Morgan fingerprint density at radius 2 is 2.12 bits per heavy atom. The number of primary amides is 2. The fourth-order valence-electron chi connectivity index (χ4n) is 4.18. The monoisotopic (exact) mass is 500 g/mol. The molecule has 12 heteroatoms. The average Bonchev–Trinajstić information content (AvgIpc) is 3.57. The van der Waals surface area contributed by atoms with Gasteiger partial charge in [0.25, 0.3) is 11.8 Å². The van der Waals surface area contributed by atoms with Crippen molar-refractivity contribution >= 4 is 46.6 Å². The lowest BCUT2D eigenvalue weighted by atomic mass is 10.0. The van der Waals surface area contributed by atoms with Crippen LogP contribution in [-0.4, -0.2) is 43.8 Å². The number of hydrogen-bond donors (Lipinski definition) is 4. The Bertz CT molecular complexity index is 1290. The van der Waals surface area contributed by atoms with Gasteiger partial charge in [-0.15, -0.1) is 23.1 Å². The van der Waals surface area contributed by atoms with E-state index in [-0.39, 0.29) is 23.5 Å². The molecule has 1 saturated heterocycles. The number of aromatic amines is 1. The lowest BCUT2D eigenvalue weighted by Crippen LogP contribution is -2.37. The number of aromatic nitrogens is 3. The van der Waals surface area contributed by atoms with Crippen LogP contribution < -0.4 is 16.8 Å². The third kappa shape index (κ3) is 4.01. The number of hydrogen-bond acceptors (Lipinski definition) is 7. The summed E-state index contributed by atoms with van der Waals surface area (Å²) in [6, 6.07) is 3.59. The summed E-state index contributed by atoms with van der Waals surface area (Å²) < 4.78 is 6.73. The number of carbonyl (C=O) groups is 3. The van der Waals surface area contributed by atoms with Gasteiger partial charge in [-0.3, -0.25) is 14.4 Å². The van der Waals surface area contributed by atoms with E-state index >= 15 is 0 Å². The lowest BCUT2D eigenvalue weighted by molar-refractivity contribution is -0.119. The van der Waals surface area contributed by atoms with Crippen LogP contribution >= 0.6 is 23.1 Å². The maximum absolute atomic E-state index is 13.0. The van der Waals surface area contributed by atoms with E-state index in [1.54, 1.807) is 19.2 Å². The first-order valence-corrected chi connectivity index (χ1v) is 12.5. The number of H-pyrrole nitrogens is 1. The van der Waals surface area contributed by atoms with E-state index < -0.39 is 16.6 Å². The molecule has 3 amide bonds. The molecule has 2 aliphatic heterocycles. The maximum Gasteiger partial charge on any atom is 0.266 e. The highest BCUT2D eigenvalue weighted by molar-refractivity contribution is 8.01. The number of thioether (sulfide) groups is 1. The molecule has 2 unspecified atom stereocenters. The number of fused-ring (bicyclic) bond motifs is 1. The molecule has 1 fully saturated rings. The van der Waals surface area contributed by atoms with Gasteiger partial charge in [0.2, 0.25) is 5.91 Å². The molecule has 5 rings (SSSR count). The molecule has 0 radical (unpaired) electrons. The van der Waals surface area contributed by atoms with Crippen LogP contribution in [0.3, 0.4) is 0 Å². The summed E-state index contributed by atoms with van der Waals surface area (Å²) in [5, 5.41) is 7.19. The second-order valence-corrected chi connectivity index (χ2v) is 11.2. The van der Waals surface area contributed by atoms with Crippen molar-refractivity contribution in [3.63, 3.8) is 0 Å². The standard InChI is InChI=1S/C22H24N6O4S2/c1-22(21(24)31)8-12-17(34-22)16(18(23)29)19(26-12)27-20(30)14-6-5-13(33-14)11-9-25-28(10-11)15-4-2-3-7-32-15/h5-6,9-10,15,26H,2-4,7-8H2,1H3,(H2,23,29)(H2,24,31)(H,27,30). The van der Waals surface area contributed by atoms with Crippen LogP contribution in [0.2, 0.25) is 0 Å². The first-order valence-electron chi connectivity index (χ1n) is 10.9. The molecule has 6 N–H and O–H groups in total. The SMILES string of the molecule is CC1(C(N)=O)Cc2[nH]c(NC(=O)c3ccc(-c4cnn(C5CCCCO5)c4)s3)c(C(N)=O)c2S1. The van der Waals surface area contributed by atoms with Gasteiger partial charge in [-0.1, -0.05) is 0 Å². The molecule has 178 valence electrons. The molecule has 3 aromatic heterocycles. The van der Waals surface area contributed by atoms with E-state index in [0.29, 0.717) is 21.9 Å². The van der Waals surface area contributed by atoms with E-state index in [1.165, 1.54) is 23.1 Å². The van der Waals surface area contributed by atoms with Gasteiger partial charge < -0.3 is 26.5 Å². The number of carbonyl (C=O) groups excluding carboxylic acids is 3. The summed E-state index contributed by atoms with van der Waals surface area (Å²) in [4.78, 5) is 41.9. The molecule has 5 heterocycles. The lowest BCUT2D eigenvalue weighted by Gasteiger charge is -2.22. The van der Waals surface area contributed by atoms with Crippen LogP contribution in [0, 0.1) is 0 Å². The largest absolute Gasteiger partial charge is 0.368 e. The molecule has 34 heavy (non-hydrogen) atoms. The minimum atomic E-state index is -0.871. The zero-order valence-corrected chi connectivity index (χ0v) is 20.1. The number of thiophene rings is 1. The molecular weight excluding hydrogens is 476 g/mol. The summed E-state index contributed by atoms with van der Waals surface area (Å²) in [5.74, 6) is -1.33. The van der Waals surface area contributed by atoms with Gasteiger partial charge in [0.1, 0.15) is 16.8 Å². The first kappa shape index (κ1) is 22.7. The van der Waals surface area contributed by atoms with Gasteiger partial charge in [0.15, 0.2) is 0 Å². The highest BCUT2D eigenvalue weighted by atomic mass is 32.2. The van der Waals surface area contributed by atoms with Crippen molar-refractivity contribution < 1.29 is 19.1 Å². The smallest absolute Gasteiger partial charge is 0.266 e. The fraction of sp³-hybridized carbons (Fsp3) is 0.364. The third-order valence-corrected chi connectivity index (χ3v) is 8.62. The molecule has 0 spiro atoms. The predicted molar refractivity (Wildman–Crippen MR) is 129 cm³/mol. The second kappa shape index (κ2) is 8.60. The van der Waals surface area contributed by atoms with Crippen LogP contribution in [0.1, 0.15) is 58.1 Å². The van der Waals surface area contributed by atoms with E-state index in [9.17, 15) is 14.4 Å². The van der Waals surface area contributed by atoms with Crippen molar-refractivity contribution in [1.29, 1.82) is 0 Å². The summed E-state index contributed by atoms with van der Waals surface area (Å²) >= 11 is 2.51. The highest BCUT2D eigenvalue weighted by Gasteiger charge is 2.43. The Morgan fingerprint density at radius 3 is 2.82 bits per heavy atom. The number of nitrogens with one attached hydrogen (secondary N) is 2. The number of ether oxygens (including phenoxy) is 1. The van der Waals surface area contributed by atoms with Crippen molar-refractivity contribution in [3.8, 4) is 10.4 Å². The van der Waals surface area contributed by atoms with E-state index in [4.69, 9.17) is 16.2 Å². The maximum atomic E-state index is 13.0. The quantitative estimate of drug-likeness (QED) is 0.407. The van der Waals surface area contributed by atoms with Gasteiger partial charge in [-0.2, -0.15) is 5.10 Å². The number of anilines is 1. The van der Waals surface area contributed by atoms with Gasteiger partial charge in [0, 0.05) is 40.3 Å². The number of nitrogens with two attached hydrogens (primary N) is 2. The Morgan fingerprint density at radius 1 is 1.29 bits per heavy atom. The Labute approximate surface area is 203 Å². The first-order chi connectivity index (χ1) is 16.2. The van der Waals surface area contributed by atoms with Crippen LogP contribution in [-0.2, 0) is 16.0 Å². The van der Waals surface area contributed by atoms with Gasteiger partial charge >= 0.3 is 0 Å². The molecule has 0 aliphatic carbocycles. The Kier molecular flexibility index (Phi) is 5.74. The van der Waals surface area contributed by atoms with Crippen molar-refractivity contribution in [2.45, 2.75) is 48.5 Å². The zero-order valence-electron chi connectivity index (χ0n) is 18.4. The van der Waals surface area contributed by atoms with E-state index in [1.807, 2.05) is 16.9 Å². The number of amides is 3. The van der Waals surface area contributed by atoms with Crippen molar-refractivity contribution in [2.24, 2.45) is 11.5 Å². The molecule has 10 nitrogen and oxygen atoms in total. The van der Waals surface area contributed by atoms with E-state index in [2.05, 4.69) is 15.4 Å². The molecule has 0 saturated carbocycles. The van der Waals surface area contributed by atoms with Gasteiger partial charge in [-0.25, -0.2) is 4.68 Å². The zero-order chi connectivity index (χ0) is 24.0. The number of nitrogens with zero attached hydrogens (tertiary/aromatic N) is 2. The predicted octanol–water partition coefficient (Wildman–Crippen LogP) is 2.88. The average molecular weight is 501 g/mol. The summed E-state index contributed by atoms with van der Waals surface area (Å²) in [7, 11) is 0. The summed E-state index contributed by atoms with van der Waals surface area (Å²) in [6.07, 6.45) is 7.06. The van der Waals surface area contributed by atoms with E-state index in [0.717, 1.165) is 36.3 Å². The molecule has 0 bridgehead atoms. The fourth-order valence-corrected chi connectivity index (χ4v) is 6.38. The molecule has 3 aromatic rings. The number of rotatable bonds is 6.